The number of hydrogen-bond donors (Lipinski definition) is 1. The monoisotopic (exact) mass is 432 g/mol. The third kappa shape index (κ3) is 5.24. The lowest BCUT2D eigenvalue weighted by Gasteiger charge is -2.13. The number of rotatable bonds is 6. The van der Waals surface area contributed by atoms with Gasteiger partial charge in [-0.05, 0) is 30.3 Å². The van der Waals surface area contributed by atoms with Crippen molar-refractivity contribution in [2.75, 3.05) is 26.0 Å². The van der Waals surface area contributed by atoms with Crippen molar-refractivity contribution in [2.45, 2.75) is 4.90 Å². The number of esters is 1. The molecule has 0 unspecified atom stereocenters. The fourth-order valence-electron chi connectivity index (χ4n) is 2.06. The molecule has 0 radical (unpaired) electrons. The molecule has 1 amide bonds. The van der Waals surface area contributed by atoms with Crippen LogP contribution in [0, 0.1) is 11.6 Å². The summed E-state index contributed by atoms with van der Waals surface area (Å²) in [5.74, 6) is -3.68. The van der Waals surface area contributed by atoms with E-state index in [2.05, 4.69) is 5.32 Å². The number of carbonyl (C=O) groups excluding carboxylic acids is 2. The van der Waals surface area contributed by atoms with Gasteiger partial charge in [0, 0.05) is 25.8 Å². The van der Waals surface area contributed by atoms with Gasteiger partial charge < -0.3 is 10.1 Å². The van der Waals surface area contributed by atoms with Crippen molar-refractivity contribution in [2.24, 2.45) is 0 Å². The van der Waals surface area contributed by atoms with E-state index in [4.69, 9.17) is 16.3 Å². The number of anilines is 1. The maximum absolute atomic E-state index is 13.1. The first-order chi connectivity index (χ1) is 13.0. The summed E-state index contributed by atoms with van der Waals surface area (Å²) < 4.78 is 56.3. The highest BCUT2D eigenvalue weighted by molar-refractivity contribution is 7.89. The van der Waals surface area contributed by atoms with Crippen LogP contribution in [0.4, 0.5) is 14.5 Å². The molecule has 0 spiro atoms. The molecule has 2 aromatic carbocycles. The highest BCUT2D eigenvalue weighted by Crippen LogP contribution is 2.23. The van der Waals surface area contributed by atoms with Crippen LogP contribution in [0.5, 0.6) is 0 Å². The fourth-order valence-corrected chi connectivity index (χ4v) is 3.19. The van der Waals surface area contributed by atoms with Gasteiger partial charge in [0.15, 0.2) is 6.61 Å². The first-order valence-electron chi connectivity index (χ1n) is 7.66. The molecule has 0 bridgehead atoms. The summed E-state index contributed by atoms with van der Waals surface area (Å²) in [6.45, 7) is -0.780. The van der Waals surface area contributed by atoms with Crippen molar-refractivity contribution in [3.05, 3.63) is 58.6 Å². The van der Waals surface area contributed by atoms with Gasteiger partial charge in [-0.2, -0.15) is 0 Å². The fraction of sp³-hybridized carbons (Fsp3) is 0.176. The van der Waals surface area contributed by atoms with Gasteiger partial charge in [-0.25, -0.2) is 26.3 Å². The zero-order valence-electron chi connectivity index (χ0n) is 14.7. The summed E-state index contributed by atoms with van der Waals surface area (Å²) in [5.41, 5.74) is -0.412. The SMILES string of the molecule is CN(C)S(=O)(=O)c1ccc(Cl)c(C(=O)OCC(=O)Nc2cc(F)cc(F)c2)c1. The van der Waals surface area contributed by atoms with Crippen LogP contribution < -0.4 is 5.32 Å². The number of nitrogens with zero attached hydrogens (tertiary/aromatic N) is 1. The molecule has 0 saturated carbocycles. The number of amides is 1. The van der Waals surface area contributed by atoms with Gasteiger partial charge in [-0.3, -0.25) is 4.79 Å². The third-order valence-corrected chi connectivity index (χ3v) is 5.56. The van der Waals surface area contributed by atoms with Gasteiger partial charge in [0.05, 0.1) is 15.5 Å². The Kier molecular flexibility index (Phi) is 6.70. The van der Waals surface area contributed by atoms with E-state index in [1.54, 1.807) is 0 Å². The number of hydrogen-bond acceptors (Lipinski definition) is 5. The molecular weight excluding hydrogens is 418 g/mol. The maximum Gasteiger partial charge on any atom is 0.340 e. The summed E-state index contributed by atoms with van der Waals surface area (Å²) in [5, 5.41) is 2.09. The summed E-state index contributed by atoms with van der Waals surface area (Å²) in [7, 11) is -1.17. The van der Waals surface area contributed by atoms with Crippen LogP contribution in [-0.4, -0.2) is 45.3 Å². The second-order valence-electron chi connectivity index (χ2n) is 5.71. The van der Waals surface area contributed by atoms with Gasteiger partial charge in [0.1, 0.15) is 11.6 Å². The van der Waals surface area contributed by atoms with Crippen molar-refractivity contribution >= 4 is 39.2 Å². The van der Waals surface area contributed by atoms with Crippen LogP contribution in [0.3, 0.4) is 0 Å². The number of benzene rings is 2. The predicted molar refractivity (Wildman–Crippen MR) is 97.6 cm³/mol. The van der Waals surface area contributed by atoms with Gasteiger partial charge >= 0.3 is 5.97 Å². The second kappa shape index (κ2) is 8.63. The Morgan fingerprint density at radius 1 is 1.11 bits per heavy atom. The number of ether oxygens (including phenoxy) is 1. The lowest BCUT2D eigenvalue weighted by atomic mass is 10.2. The summed E-state index contributed by atoms with van der Waals surface area (Å²) >= 11 is 5.91. The largest absolute Gasteiger partial charge is 0.452 e. The lowest BCUT2D eigenvalue weighted by Crippen LogP contribution is -2.23. The molecule has 0 atom stereocenters. The van der Waals surface area contributed by atoms with Crippen LogP contribution in [0.25, 0.3) is 0 Å². The molecule has 0 aliphatic rings. The van der Waals surface area contributed by atoms with E-state index < -0.39 is 40.1 Å². The second-order valence-corrected chi connectivity index (χ2v) is 8.27. The highest BCUT2D eigenvalue weighted by atomic mass is 35.5. The average Bonchev–Trinajstić information content (AvgIpc) is 2.58. The van der Waals surface area contributed by atoms with Crippen LogP contribution >= 0.6 is 11.6 Å². The lowest BCUT2D eigenvalue weighted by molar-refractivity contribution is -0.119. The quantitative estimate of drug-likeness (QED) is 0.708. The Morgan fingerprint density at radius 3 is 2.29 bits per heavy atom. The summed E-state index contributed by atoms with van der Waals surface area (Å²) in [6, 6.07) is 5.86. The summed E-state index contributed by atoms with van der Waals surface area (Å²) in [4.78, 5) is 23.8. The molecule has 150 valence electrons. The van der Waals surface area contributed by atoms with Crippen molar-refractivity contribution in [3.8, 4) is 0 Å². The molecule has 0 fully saturated rings. The number of sulfonamides is 1. The minimum atomic E-state index is -3.81. The van der Waals surface area contributed by atoms with E-state index in [1.165, 1.54) is 26.2 Å². The molecular formula is C17H15ClF2N2O5S. The van der Waals surface area contributed by atoms with E-state index in [9.17, 15) is 26.8 Å². The predicted octanol–water partition coefficient (Wildman–Crippen LogP) is 2.66. The van der Waals surface area contributed by atoms with Crippen molar-refractivity contribution in [3.63, 3.8) is 0 Å². The number of carbonyl (C=O) groups is 2. The Labute approximate surface area is 164 Å². The van der Waals surface area contributed by atoms with Crippen molar-refractivity contribution in [1.29, 1.82) is 0 Å². The van der Waals surface area contributed by atoms with E-state index in [1.807, 2.05) is 0 Å². The van der Waals surface area contributed by atoms with Crippen LogP contribution in [0.1, 0.15) is 10.4 Å². The van der Waals surface area contributed by atoms with Gasteiger partial charge in [0.2, 0.25) is 10.0 Å². The third-order valence-electron chi connectivity index (χ3n) is 3.42. The molecule has 0 aliphatic carbocycles. The molecule has 1 N–H and O–H groups in total. The summed E-state index contributed by atoms with van der Waals surface area (Å²) in [6.07, 6.45) is 0. The maximum atomic E-state index is 13.1. The van der Waals surface area contributed by atoms with E-state index in [0.717, 1.165) is 22.5 Å². The average molecular weight is 433 g/mol. The molecule has 2 rings (SSSR count). The van der Waals surface area contributed by atoms with Gasteiger partial charge in [-0.1, -0.05) is 11.6 Å². The molecule has 0 aliphatic heterocycles. The molecule has 2 aromatic rings. The Hall–Kier alpha value is -2.56. The molecule has 11 heteroatoms. The number of nitrogens with one attached hydrogen (secondary N) is 1. The van der Waals surface area contributed by atoms with Crippen molar-refractivity contribution in [1.82, 2.24) is 4.31 Å². The van der Waals surface area contributed by atoms with Crippen molar-refractivity contribution < 1.29 is 31.5 Å². The topological polar surface area (TPSA) is 92.8 Å². The smallest absolute Gasteiger partial charge is 0.340 e. The molecule has 0 heterocycles. The molecule has 28 heavy (non-hydrogen) atoms. The Bertz CT molecular complexity index is 1010. The zero-order chi connectivity index (χ0) is 21.1. The van der Waals surface area contributed by atoms with Gasteiger partial charge in [0.25, 0.3) is 5.91 Å². The number of halogens is 3. The molecule has 7 nitrogen and oxygen atoms in total. The standard InChI is InChI=1S/C17H15ClF2N2O5S/c1-22(2)28(25,26)13-3-4-15(18)14(8-13)17(24)27-9-16(23)21-12-6-10(19)5-11(20)7-12/h3-8H,9H2,1-2H3,(H,21,23). The molecule has 0 aromatic heterocycles. The zero-order valence-corrected chi connectivity index (χ0v) is 16.3. The van der Waals surface area contributed by atoms with E-state index in [0.29, 0.717) is 6.07 Å². The minimum Gasteiger partial charge on any atom is -0.452 e. The van der Waals surface area contributed by atoms with E-state index in [-0.39, 0.29) is 21.2 Å². The molecule has 0 saturated heterocycles. The minimum absolute atomic E-state index is 0.0738. The first-order valence-corrected chi connectivity index (χ1v) is 9.47. The van der Waals surface area contributed by atoms with Crippen LogP contribution in [0.15, 0.2) is 41.3 Å². The Balaban J connectivity index is 2.09. The Morgan fingerprint density at radius 2 is 1.71 bits per heavy atom. The highest BCUT2D eigenvalue weighted by Gasteiger charge is 2.22. The normalized spacial score (nSPS) is 11.4. The van der Waals surface area contributed by atoms with E-state index >= 15 is 0 Å². The van der Waals surface area contributed by atoms with Crippen LogP contribution in [0.2, 0.25) is 5.02 Å². The first kappa shape index (κ1) is 21.7. The van der Waals surface area contributed by atoms with Crippen LogP contribution in [-0.2, 0) is 19.6 Å². The van der Waals surface area contributed by atoms with Gasteiger partial charge in [-0.15, -0.1) is 0 Å².